The number of hydroxylamine groups is 1. The van der Waals surface area contributed by atoms with Gasteiger partial charge in [0.2, 0.25) is 0 Å². The topological polar surface area (TPSA) is 66.0 Å². The van der Waals surface area contributed by atoms with Crippen molar-refractivity contribution in [2.45, 2.75) is 38.8 Å². The molecule has 2 unspecified atom stereocenters. The van der Waals surface area contributed by atoms with Crippen LogP contribution in [-0.2, 0) is 23.8 Å². The fourth-order valence-electron chi connectivity index (χ4n) is 1.63. The fourth-order valence-corrected chi connectivity index (χ4v) is 1.63. The van der Waals surface area contributed by atoms with Crippen molar-refractivity contribution < 1.29 is 23.8 Å². The van der Waals surface area contributed by atoms with E-state index in [4.69, 9.17) is 14.3 Å². The Morgan fingerprint density at radius 3 is 2.76 bits per heavy atom. The van der Waals surface area contributed by atoms with Gasteiger partial charge in [-0.1, -0.05) is 0 Å². The van der Waals surface area contributed by atoms with Crippen LogP contribution in [0.4, 0.5) is 0 Å². The van der Waals surface area contributed by atoms with Crippen LogP contribution in [0.15, 0.2) is 0 Å². The Morgan fingerprint density at radius 1 is 1.47 bits per heavy atom. The van der Waals surface area contributed by atoms with Crippen LogP contribution in [0.25, 0.3) is 0 Å². The summed E-state index contributed by atoms with van der Waals surface area (Å²) in [6.07, 6.45) is 1.90. The van der Waals surface area contributed by atoms with Crippen LogP contribution < -0.4 is 5.48 Å². The van der Waals surface area contributed by atoms with Crippen molar-refractivity contribution in [3.8, 4) is 0 Å². The third-order valence-corrected chi connectivity index (χ3v) is 2.64. The molecule has 1 N–H and O–H groups in total. The summed E-state index contributed by atoms with van der Waals surface area (Å²) in [5, 5.41) is 0. The largest absolute Gasteiger partial charge is 0.469 e. The minimum atomic E-state index is -0.712. The third kappa shape index (κ3) is 4.59. The van der Waals surface area contributed by atoms with Crippen LogP contribution in [0.3, 0.4) is 0 Å². The van der Waals surface area contributed by atoms with Gasteiger partial charge in [-0.3, -0.25) is 9.63 Å². The molecule has 0 amide bonds. The maximum atomic E-state index is 11.4. The van der Waals surface area contributed by atoms with Crippen LogP contribution >= 0.6 is 0 Å². The molecule has 0 aromatic heterocycles. The number of nitrogens with one attached hydrogen (secondary N) is 1. The van der Waals surface area contributed by atoms with Gasteiger partial charge in [-0.05, 0) is 26.2 Å². The Bertz CT molecular complexity index is 230. The summed E-state index contributed by atoms with van der Waals surface area (Å²) in [6, 6.07) is 0. The molecule has 0 radical (unpaired) electrons. The molecule has 100 valence electrons. The van der Waals surface area contributed by atoms with Gasteiger partial charge in [0.25, 0.3) is 0 Å². The van der Waals surface area contributed by atoms with Crippen molar-refractivity contribution >= 4 is 5.97 Å². The molecule has 0 spiro atoms. The Morgan fingerprint density at radius 2 is 2.24 bits per heavy atom. The van der Waals surface area contributed by atoms with Gasteiger partial charge in [0.15, 0.2) is 12.6 Å². The van der Waals surface area contributed by atoms with E-state index in [0.29, 0.717) is 6.61 Å². The van der Waals surface area contributed by atoms with Gasteiger partial charge in [-0.2, -0.15) is 0 Å². The first-order valence-corrected chi connectivity index (χ1v) is 5.86. The number of rotatable bonds is 6. The van der Waals surface area contributed by atoms with Crippen LogP contribution in [0, 0.1) is 5.92 Å². The first-order chi connectivity index (χ1) is 8.19. The molecule has 3 atom stereocenters. The van der Waals surface area contributed by atoms with Crippen LogP contribution in [0.5, 0.6) is 0 Å². The minimum Gasteiger partial charge on any atom is -0.469 e. The molecular weight excluding hydrogens is 226 g/mol. The van der Waals surface area contributed by atoms with Crippen molar-refractivity contribution in [2.75, 3.05) is 20.8 Å². The van der Waals surface area contributed by atoms with E-state index in [1.807, 2.05) is 0 Å². The maximum Gasteiger partial charge on any atom is 0.313 e. The Labute approximate surface area is 102 Å². The smallest absolute Gasteiger partial charge is 0.313 e. The van der Waals surface area contributed by atoms with Gasteiger partial charge in [0.05, 0.1) is 7.11 Å². The standard InChI is InChI=1S/C11H21NO5/c1-8(10(13)14-3)11(17-12-2)16-9-6-4-5-7-15-9/h8-9,11-12H,4-7H2,1-3H3/t8-,9?,11?/m0/s1. The predicted octanol–water partition coefficient (Wildman–Crippen LogP) is 0.816. The zero-order valence-corrected chi connectivity index (χ0v) is 10.6. The van der Waals surface area contributed by atoms with E-state index in [-0.39, 0.29) is 12.3 Å². The molecule has 0 saturated carbocycles. The monoisotopic (exact) mass is 247 g/mol. The molecule has 0 bridgehead atoms. The molecule has 6 nitrogen and oxygen atoms in total. The summed E-state index contributed by atoms with van der Waals surface area (Å²) in [7, 11) is 2.95. The molecular formula is C11H21NO5. The lowest BCUT2D eigenvalue weighted by molar-refractivity contribution is -0.283. The lowest BCUT2D eigenvalue weighted by Gasteiger charge is -2.29. The van der Waals surface area contributed by atoms with E-state index in [1.54, 1.807) is 14.0 Å². The highest BCUT2D eigenvalue weighted by Crippen LogP contribution is 2.19. The van der Waals surface area contributed by atoms with Gasteiger partial charge in [0, 0.05) is 13.7 Å². The van der Waals surface area contributed by atoms with E-state index in [0.717, 1.165) is 19.3 Å². The Hall–Kier alpha value is -0.690. The van der Waals surface area contributed by atoms with Gasteiger partial charge < -0.3 is 14.2 Å². The SMILES string of the molecule is CNOC(OC1CCCCO1)[C@@H](C)C(=O)OC. The van der Waals surface area contributed by atoms with Gasteiger partial charge in [0.1, 0.15) is 5.92 Å². The number of carbonyl (C=O) groups excluding carboxylic acids is 1. The number of methoxy groups -OCH3 is 1. The molecule has 1 fully saturated rings. The Balaban J connectivity index is 2.48. The molecule has 0 aromatic carbocycles. The fraction of sp³-hybridized carbons (Fsp3) is 0.909. The van der Waals surface area contributed by atoms with Crippen molar-refractivity contribution in [2.24, 2.45) is 5.92 Å². The van der Waals surface area contributed by atoms with Crippen molar-refractivity contribution in [3.63, 3.8) is 0 Å². The van der Waals surface area contributed by atoms with Gasteiger partial charge in [-0.15, -0.1) is 0 Å². The summed E-state index contributed by atoms with van der Waals surface area (Å²) in [6.45, 7) is 2.38. The normalized spacial score (nSPS) is 24.1. The molecule has 1 heterocycles. The molecule has 0 aromatic rings. The van der Waals surface area contributed by atoms with E-state index in [9.17, 15) is 4.79 Å². The maximum absolute atomic E-state index is 11.4. The van der Waals surface area contributed by atoms with Crippen LogP contribution in [-0.4, -0.2) is 39.3 Å². The summed E-state index contributed by atoms with van der Waals surface area (Å²) >= 11 is 0. The summed E-state index contributed by atoms with van der Waals surface area (Å²) in [4.78, 5) is 16.6. The van der Waals surface area contributed by atoms with Crippen LogP contribution in [0.1, 0.15) is 26.2 Å². The van der Waals surface area contributed by atoms with Crippen LogP contribution in [0.2, 0.25) is 0 Å². The highest BCUT2D eigenvalue weighted by molar-refractivity contribution is 5.72. The van der Waals surface area contributed by atoms with Gasteiger partial charge >= 0.3 is 5.97 Å². The van der Waals surface area contributed by atoms with Crippen molar-refractivity contribution in [1.29, 1.82) is 0 Å². The van der Waals surface area contributed by atoms with E-state index in [2.05, 4.69) is 10.2 Å². The number of ether oxygens (including phenoxy) is 3. The summed E-state index contributed by atoms with van der Waals surface area (Å²) in [5.74, 6) is -0.890. The average Bonchev–Trinajstić information content (AvgIpc) is 2.37. The lowest BCUT2D eigenvalue weighted by Crippen LogP contribution is -2.39. The molecule has 0 aliphatic carbocycles. The number of esters is 1. The molecule has 6 heteroatoms. The first-order valence-electron chi connectivity index (χ1n) is 5.86. The predicted molar refractivity (Wildman–Crippen MR) is 59.8 cm³/mol. The quantitative estimate of drug-likeness (QED) is 0.426. The molecule has 1 aliphatic rings. The third-order valence-electron chi connectivity index (χ3n) is 2.64. The second-order valence-electron chi connectivity index (χ2n) is 3.93. The molecule has 1 aliphatic heterocycles. The molecule has 1 rings (SSSR count). The number of carbonyl (C=O) groups is 1. The molecule has 17 heavy (non-hydrogen) atoms. The van der Waals surface area contributed by atoms with Crippen molar-refractivity contribution in [3.05, 3.63) is 0 Å². The zero-order chi connectivity index (χ0) is 12.7. The van der Waals surface area contributed by atoms with E-state index >= 15 is 0 Å². The highest BCUT2D eigenvalue weighted by Gasteiger charge is 2.30. The minimum absolute atomic E-state index is 0.311. The molecule has 1 saturated heterocycles. The van der Waals surface area contributed by atoms with Crippen molar-refractivity contribution in [1.82, 2.24) is 5.48 Å². The lowest BCUT2D eigenvalue weighted by atomic mass is 10.1. The van der Waals surface area contributed by atoms with E-state index < -0.39 is 12.2 Å². The summed E-state index contributed by atoms with van der Waals surface area (Å²) < 4.78 is 15.7. The second-order valence-corrected chi connectivity index (χ2v) is 3.93. The second kappa shape index (κ2) is 7.60. The Kier molecular flexibility index (Phi) is 6.43. The van der Waals surface area contributed by atoms with Gasteiger partial charge in [-0.25, -0.2) is 5.48 Å². The highest BCUT2D eigenvalue weighted by atomic mass is 16.8. The average molecular weight is 247 g/mol. The first kappa shape index (κ1) is 14.4. The zero-order valence-electron chi connectivity index (χ0n) is 10.6. The number of hydrogen-bond donors (Lipinski definition) is 1. The number of hydrogen-bond acceptors (Lipinski definition) is 6. The summed E-state index contributed by atoms with van der Waals surface area (Å²) in [5.41, 5.74) is 2.53. The van der Waals surface area contributed by atoms with E-state index in [1.165, 1.54) is 7.11 Å².